The molecule has 0 unspecified atom stereocenters. The van der Waals surface area contributed by atoms with Crippen LogP contribution in [0.25, 0.3) is 0 Å². The maximum Gasteiger partial charge on any atom is 0.333 e. The van der Waals surface area contributed by atoms with Crippen LogP contribution in [0.5, 0.6) is 5.75 Å². The van der Waals surface area contributed by atoms with Crippen LogP contribution in [-0.2, 0) is 9.53 Å². The molecule has 4 heteroatoms. The van der Waals surface area contributed by atoms with Gasteiger partial charge in [0, 0.05) is 17.1 Å². The average molecular weight is 350 g/mol. The normalized spacial score (nSPS) is 12.5. The molecule has 0 aromatic heterocycles. The second kappa shape index (κ2) is 8.81. The van der Waals surface area contributed by atoms with Crippen molar-refractivity contribution in [2.75, 3.05) is 14.2 Å². The Labute approximate surface area is 153 Å². The van der Waals surface area contributed by atoms with Gasteiger partial charge in [0.1, 0.15) is 5.75 Å². The number of hydrogen-bond acceptors (Lipinski definition) is 4. The van der Waals surface area contributed by atoms with Crippen molar-refractivity contribution >= 4 is 11.8 Å². The van der Waals surface area contributed by atoms with E-state index >= 15 is 0 Å². The van der Waals surface area contributed by atoms with Gasteiger partial charge in [-0.3, -0.25) is 4.79 Å². The van der Waals surface area contributed by atoms with Gasteiger partial charge in [0.25, 0.3) is 0 Å². The largest absolute Gasteiger partial charge is 0.497 e. The molecule has 0 amide bonds. The average Bonchev–Trinajstić information content (AvgIpc) is 2.70. The highest BCUT2D eigenvalue weighted by Gasteiger charge is 2.33. The van der Waals surface area contributed by atoms with Crippen molar-refractivity contribution in [1.82, 2.24) is 0 Å². The molecule has 2 atom stereocenters. The fourth-order valence-electron chi connectivity index (χ4n) is 2.91. The highest BCUT2D eigenvalue weighted by atomic mass is 16.5. The van der Waals surface area contributed by atoms with Crippen molar-refractivity contribution in [1.29, 1.82) is 0 Å². The van der Waals surface area contributed by atoms with Gasteiger partial charge in [-0.1, -0.05) is 55.1 Å². The van der Waals surface area contributed by atoms with Crippen LogP contribution < -0.4 is 4.74 Å². The fraction of sp³-hybridized carbons (Fsp3) is 0.182. The zero-order chi connectivity index (χ0) is 19.1. The minimum atomic E-state index is -0.670. The number of methoxy groups -OCH3 is 2. The van der Waals surface area contributed by atoms with Crippen molar-refractivity contribution in [2.45, 2.75) is 5.92 Å². The van der Waals surface area contributed by atoms with Gasteiger partial charge in [0.05, 0.1) is 20.1 Å². The second-order valence-corrected chi connectivity index (χ2v) is 5.76. The number of carbonyl (C=O) groups excluding carboxylic acids is 2. The summed E-state index contributed by atoms with van der Waals surface area (Å²) < 4.78 is 10.1. The van der Waals surface area contributed by atoms with E-state index in [1.54, 1.807) is 55.7 Å². The van der Waals surface area contributed by atoms with E-state index in [2.05, 4.69) is 13.2 Å². The van der Waals surface area contributed by atoms with Crippen LogP contribution in [0.1, 0.15) is 21.8 Å². The second-order valence-electron chi connectivity index (χ2n) is 5.76. The summed E-state index contributed by atoms with van der Waals surface area (Å²) in [5.41, 5.74) is 1.46. The Bertz CT molecular complexity index is 808. The fourth-order valence-corrected chi connectivity index (χ4v) is 2.91. The maximum atomic E-state index is 13.1. The number of benzene rings is 2. The molecule has 134 valence electrons. The molecular formula is C22H22O4. The van der Waals surface area contributed by atoms with E-state index in [1.807, 2.05) is 12.1 Å². The number of allylic oxidation sites excluding steroid dienone is 1. The summed E-state index contributed by atoms with van der Waals surface area (Å²) in [6, 6.07) is 16.1. The van der Waals surface area contributed by atoms with E-state index < -0.39 is 17.8 Å². The van der Waals surface area contributed by atoms with Crippen molar-refractivity contribution in [3.63, 3.8) is 0 Å². The summed E-state index contributed by atoms with van der Waals surface area (Å²) in [5, 5.41) is 0. The van der Waals surface area contributed by atoms with E-state index in [4.69, 9.17) is 9.47 Å². The lowest BCUT2D eigenvalue weighted by molar-refractivity contribution is -0.136. The smallest absolute Gasteiger partial charge is 0.333 e. The number of ether oxygens (including phenoxy) is 2. The summed E-state index contributed by atoms with van der Waals surface area (Å²) >= 11 is 0. The minimum absolute atomic E-state index is 0.140. The summed E-state index contributed by atoms with van der Waals surface area (Å²) in [6.45, 7) is 7.71. The monoisotopic (exact) mass is 350 g/mol. The third-order valence-corrected chi connectivity index (χ3v) is 4.25. The molecule has 0 heterocycles. The number of rotatable bonds is 8. The minimum Gasteiger partial charge on any atom is -0.497 e. The summed E-state index contributed by atoms with van der Waals surface area (Å²) in [7, 11) is 2.85. The number of Topliss-reactive ketones (excluding diaryl/α,β-unsaturated/α-hetero) is 1. The quantitative estimate of drug-likeness (QED) is 0.310. The predicted octanol–water partition coefficient (Wildman–Crippen LogP) is 4.19. The van der Waals surface area contributed by atoms with Crippen molar-refractivity contribution < 1.29 is 19.1 Å². The van der Waals surface area contributed by atoms with Crippen molar-refractivity contribution in [3.05, 3.63) is 90.5 Å². The molecule has 4 nitrogen and oxygen atoms in total. The van der Waals surface area contributed by atoms with Gasteiger partial charge in [-0.2, -0.15) is 0 Å². The Balaban J connectivity index is 2.53. The zero-order valence-corrected chi connectivity index (χ0v) is 15.0. The molecule has 0 saturated carbocycles. The number of carbonyl (C=O) groups is 2. The number of hydrogen-bond donors (Lipinski definition) is 0. The van der Waals surface area contributed by atoms with E-state index in [0.717, 1.165) is 5.56 Å². The van der Waals surface area contributed by atoms with Gasteiger partial charge in [0.15, 0.2) is 5.78 Å². The molecule has 2 rings (SSSR count). The van der Waals surface area contributed by atoms with Crippen LogP contribution in [0.15, 0.2) is 79.4 Å². The topological polar surface area (TPSA) is 52.6 Å². The molecule has 2 aromatic carbocycles. The first-order valence-corrected chi connectivity index (χ1v) is 8.16. The molecule has 0 spiro atoms. The van der Waals surface area contributed by atoms with Gasteiger partial charge in [0.2, 0.25) is 0 Å². The van der Waals surface area contributed by atoms with Crippen molar-refractivity contribution in [2.24, 2.45) is 5.92 Å². The van der Waals surface area contributed by atoms with Gasteiger partial charge in [-0.05, 0) is 17.7 Å². The van der Waals surface area contributed by atoms with Crippen LogP contribution in [0.2, 0.25) is 0 Å². The molecule has 0 aliphatic carbocycles. The lowest BCUT2D eigenvalue weighted by Crippen LogP contribution is -2.25. The molecule has 0 fully saturated rings. The molecule has 2 aromatic rings. The molecule has 0 radical (unpaired) electrons. The molecule has 26 heavy (non-hydrogen) atoms. The summed E-state index contributed by atoms with van der Waals surface area (Å²) in [6.07, 6.45) is 1.55. The van der Waals surface area contributed by atoms with Crippen molar-refractivity contribution in [3.8, 4) is 5.75 Å². The first kappa shape index (κ1) is 19.2. The van der Waals surface area contributed by atoms with E-state index in [9.17, 15) is 9.59 Å². The Morgan fingerprint density at radius 2 is 1.73 bits per heavy atom. The summed E-state index contributed by atoms with van der Waals surface area (Å²) in [5.74, 6) is -1.36. The van der Waals surface area contributed by atoms with Crippen LogP contribution in [0, 0.1) is 5.92 Å². The SMILES string of the molecule is C=C[C@H](C(=O)c1ccccc1)[C@@H](C(=C)C(=O)OC)c1cccc(OC)c1. The maximum absolute atomic E-state index is 13.1. The zero-order valence-electron chi connectivity index (χ0n) is 15.0. The van der Waals surface area contributed by atoms with Gasteiger partial charge < -0.3 is 9.47 Å². The third kappa shape index (κ3) is 4.09. The van der Waals surface area contributed by atoms with E-state index in [0.29, 0.717) is 11.3 Å². The molecule has 0 aliphatic heterocycles. The van der Waals surface area contributed by atoms with Crippen LogP contribution in [-0.4, -0.2) is 26.0 Å². The lowest BCUT2D eigenvalue weighted by atomic mass is 9.77. The Kier molecular flexibility index (Phi) is 6.50. The lowest BCUT2D eigenvalue weighted by Gasteiger charge is -2.25. The molecular weight excluding hydrogens is 328 g/mol. The van der Waals surface area contributed by atoms with E-state index in [1.165, 1.54) is 7.11 Å². The Hall–Kier alpha value is -3.14. The molecule has 0 saturated heterocycles. The van der Waals surface area contributed by atoms with Crippen LogP contribution in [0.3, 0.4) is 0 Å². The van der Waals surface area contributed by atoms with Gasteiger partial charge >= 0.3 is 5.97 Å². The molecule has 0 N–H and O–H groups in total. The molecule has 0 bridgehead atoms. The van der Waals surface area contributed by atoms with Crippen LogP contribution in [0.4, 0.5) is 0 Å². The molecule has 0 aliphatic rings. The highest BCUT2D eigenvalue weighted by Crippen LogP contribution is 2.36. The number of ketones is 1. The van der Waals surface area contributed by atoms with Gasteiger partial charge in [-0.15, -0.1) is 6.58 Å². The first-order chi connectivity index (χ1) is 12.5. The predicted molar refractivity (Wildman–Crippen MR) is 101 cm³/mol. The van der Waals surface area contributed by atoms with E-state index in [-0.39, 0.29) is 11.4 Å². The Morgan fingerprint density at radius 3 is 2.31 bits per heavy atom. The standard InChI is InChI=1S/C22H22O4/c1-5-19(21(23)16-10-7-6-8-11-16)20(15(2)22(24)26-4)17-12-9-13-18(14-17)25-3/h5-14,19-20H,1-2H2,3-4H3/t19-,20-/m0/s1. The highest BCUT2D eigenvalue weighted by molar-refractivity contribution is 6.01. The first-order valence-electron chi connectivity index (χ1n) is 8.16. The third-order valence-electron chi connectivity index (χ3n) is 4.25. The van der Waals surface area contributed by atoms with Gasteiger partial charge in [-0.25, -0.2) is 4.79 Å². The Morgan fingerprint density at radius 1 is 1.04 bits per heavy atom. The number of esters is 1. The summed E-state index contributed by atoms with van der Waals surface area (Å²) in [4.78, 5) is 25.2. The van der Waals surface area contributed by atoms with Crippen LogP contribution >= 0.6 is 0 Å².